The third kappa shape index (κ3) is 3.59. The molecule has 1 N–H and O–H groups in total. The molecule has 0 saturated carbocycles. The van der Waals surface area contributed by atoms with Crippen LogP contribution in [0.15, 0.2) is 42.5 Å². The number of amides is 1. The van der Waals surface area contributed by atoms with Gasteiger partial charge in [0, 0.05) is 29.5 Å². The molecule has 2 aliphatic rings. The maximum atomic E-state index is 12.7. The van der Waals surface area contributed by atoms with Crippen LogP contribution in [0.3, 0.4) is 0 Å². The average Bonchev–Trinajstić information content (AvgIpc) is 3.16. The van der Waals surface area contributed by atoms with Crippen molar-refractivity contribution in [1.29, 1.82) is 0 Å². The van der Waals surface area contributed by atoms with Crippen LogP contribution in [-0.4, -0.2) is 25.6 Å². The molecule has 1 saturated heterocycles. The first-order valence-corrected chi connectivity index (χ1v) is 9.14. The summed E-state index contributed by atoms with van der Waals surface area (Å²) in [6.45, 7) is 2.57. The first-order chi connectivity index (χ1) is 12.2. The van der Waals surface area contributed by atoms with Crippen LogP contribution in [0.1, 0.15) is 18.4 Å². The monoisotopic (exact) mass is 356 g/mol. The number of carbonyl (C=O) groups excluding carboxylic acids is 1. The summed E-state index contributed by atoms with van der Waals surface area (Å²) in [5.74, 6) is 0.607. The van der Waals surface area contributed by atoms with Gasteiger partial charge in [0.05, 0.1) is 5.92 Å². The second kappa shape index (κ2) is 6.96. The van der Waals surface area contributed by atoms with E-state index in [0.717, 1.165) is 30.1 Å². The molecule has 4 nitrogen and oxygen atoms in total. The Hall–Kier alpha value is -2.20. The van der Waals surface area contributed by atoms with Crippen molar-refractivity contribution in [2.75, 3.05) is 29.9 Å². The van der Waals surface area contributed by atoms with Crippen LogP contribution in [0.2, 0.25) is 5.02 Å². The second-order valence-electron chi connectivity index (χ2n) is 6.70. The van der Waals surface area contributed by atoms with E-state index in [9.17, 15) is 4.79 Å². The van der Waals surface area contributed by atoms with E-state index in [1.165, 1.54) is 18.5 Å². The molecule has 0 aliphatic carbocycles. The predicted molar refractivity (Wildman–Crippen MR) is 101 cm³/mol. The molecule has 1 atom stereocenters. The van der Waals surface area contributed by atoms with Gasteiger partial charge in [0.1, 0.15) is 12.4 Å². The quantitative estimate of drug-likeness (QED) is 0.899. The molecule has 0 radical (unpaired) electrons. The molecule has 0 spiro atoms. The van der Waals surface area contributed by atoms with Gasteiger partial charge in [-0.25, -0.2) is 0 Å². The van der Waals surface area contributed by atoms with E-state index in [1.807, 2.05) is 30.3 Å². The predicted octanol–water partition coefficient (Wildman–Crippen LogP) is 4.13. The number of fused-ring (bicyclic) bond motifs is 1. The van der Waals surface area contributed by atoms with E-state index >= 15 is 0 Å². The molecule has 130 valence electrons. The van der Waals surface area contributed by atoms with Gasteiger partial charge in [0.15, 0.2) is 0 Å². The highest BCUT2D eigenvalue weighted by Gasteiger charge is 2.26. The molecular weight excluding hydrogens is 336 g/mol. The molecule has 2 heterocycles. The van der Waals surface area contributed by atoms with E-state index < -0.39 is 0 Å². The normalized spacial score (nSPS) is 19.2. The van der Waals surface area contributed by atoms with Crippen molar-refractivity contribution >= 4 is 28.9 Å². The van der Waals surface area contributed by atoms with Gasteiger partial charge in [-0.05, 0) is 61.2 Å². The van der Waals surface area contributed by atoms with Crippen molar-refractivity contribution in [2.24, 2.45) is 5.92 Å². The van der Waals surface area contributed by atoms with Crippen LogP contribution in [-0.2, 0) is 11.2 Å². The summed E-state index contributed by atoms with van der Waals surface area (Å²) in [5, 5.41) is 3.71. The topological polar surface area (TPSA) is 41.6 Å². The summed E-state index contributed by atoms with van der Waals surface area (Å²) >= 11 is 6.05. The SMILES string of the molecule is O=C(Nc1cccc(N2CCCC2)c1)[C@H]1COc2ccc(Cl)cc2C1. The lowest BCUT2D eigenvalue weighted by atomic mass is 9.96. The molecule has 5 heteroatoms. The Bertz CT molecular complexity index is 787. The number of ether oxygens (including phenoxy) is 1. The Labute approximate surface area is 152 Å². The molecule has 0 aromatic heterocycles. The summed E-state index contributed by atoms with van der Waals surface area (Å²) in [7, 11) is 0. The molecular formula is C20H21ClN2O2. The number of hydrogen-bond acceptors (Lipinski definition) is 3. The van der Waals surface area contributed by atoms with Crippen LogP contribution in [0.25, 0.3) is 0 Å². The van der Waals surface area contributed by atoms with Gasteiger partial charge in [-0.15, -0.1) is 0 Å². The number of halogens is 1. The van der Waals surface area contributed by atoms with Crippen LogP contribution >= 0.6 is 11.6 Å². The van der Waals surface area contributed by atoms with E-state index in [1.54, 1.807) is 0 Å². The standard InChI is InChI=1S/C20H21ClN2O2/c21-16-6-7-19-14(11-16)10-15(13-25-19)20(24)22-17-4-3-5-18(12-17)23-8-1-2-9-23/h3-7,11-12,15H,1-2,8-10,13H2,(H,22,24)/t15-/m1/s1. The lowest BCUT2D eigenvalue weighted by Crippen LogP contribution is -2.32. The molecule has 2 aromatic rings. The Morgan fingerprint density at radius 1 is 1.16 bits per heavy atom. The number of rotatable bonds is 3. The fraction of sp³-hybridized carbons (Fsp3) is 0.350. The first kappa shape index (κ1) is 16.3. The van der Waals surface area contributed by atoms with Crippen molar-refractivity contribution < 1.29 is 9.53 Å². The van der Waals surface area contributed by atoms with Crippen molar-refractivity contribution in [3.8, 4) is 5.75 Å². The lowest BCUT2D eigenvalue weighted by Gasteiger charge is -2.25. The number of hydrogen-bond donors (Lipinski definition) is 1. The highest BCUT2D eigenvalue weighted by Crippen LogP contribution is 2.30. The van der Waals surface area contributed by atoms with E-state index in [4.69, 9.17) is 16.3 Å². The van der Waals surface area contributed by atoms with Gasteiger partial charge in [-0.1, -0.05) is 17.7 Å². The summed E-state index contributed by atoms with van der Waals surface area (Å²) in [6, 6.07) is 13.6. The summed E-state index contributed by atoms with van der Waals surface area (Å²) < 4.78 is 5.73. The van der Waals surface area contributed by atoms with Crippen molar-refractivity contribution in [3.05, 3.63) is 53.1 Å². The second-order valence-corrected chi connectivity index (χ2v) is 7.13. The summed E-state index contributed by atoms with van der Waals surface area (Å²) in [4.78, 5) is 15.0. The number of nitrogens with zero attached hydrogens (tertiary/aromatic N) is 1. The Morgan fingerprint density at radius 3 is 2.84 bits per heavy atom. The van der Waals surface area contributed by atoms with E-state index in [2.05, 4.69) is 22.3 Å². The first-order valence-electron chi connectivity index (χ1n) is 8.76. The Balaban J connectivity index is 1.45. The molecule has 1 amide bonds. The molecule has 0 bridgehead atoms. The van der Waals surface area contributed by atoms with Gasteiger partial charge in [0.25, 0.3) is 0 Å². The average molecular weight is 357 g/mol. The van der Waals surface area contributed by atoms with Gasteiger partial charge >= 0.3 is 0 Å². The third-order valence-electron chi connectivity index (χ3n) is 4.88. The van der Waals surface area contributed by atoms with Crippen LogP contribution in [0, 0.1) is 5.92 Å². The van der Waals surface area contributed by atoms with Gasteiger partial charge in [-0.2, -0.15) is 0 Å². The molecule has 4 rings (SSSR count). The molecule has 1 fully saturated rings. The van der Waals surface area contributed by atoms with Crippen LogP contribution in [0.4, 0.5) is 11.4 Å². The molecule has 2 aliphatic heterocycles. The van der Waals surface area contributed by atoms with Gasteiger partial charge in [0.2, 0.25) is 5.91 Å². The zero-order chi connectivity index (χ0) is 17.2. The lowest BCUT2D eigenvalue weighted by molar-refractivity contribution is -0.121. The maximum absolute atomic E-state index is 12.7. The van der Waals surface area contributed by atoms with Crippen molar-refractivity contribution in [1.82, 2.24) is 0 Å². The van der Waals surface area contributed by atoms with Gasteiger partial charge < -0.3 is 15.0 Å². The minimum absolute atomic E-state index is 0.0100. The van der Waals surface area contributed by atoms with E-state index in [0.29, 0.717) is 18.1 Å². The molecule has 0 unspecified atom stereocenters. The third-order valence-corrected chi connectivity index (χ3v) is 5.12. The van der Waals surface area contributed by atoms with Gasteiger partial charge in [-0.3, -0.25) is 4.79 Å². The Kier molecular flexibility index (Phi) is 4.53. The number of nitrogens with one attached hydrogen (secondary N) is 1. The number of anilines is 2. The smallest absolute Gasteiger partial charge is 0.231 e. The Morgan fingerprint density at radius 2 is 2.00 bits per heavy atom. The minimum Gasteiger partial charge on any atom is -0.492 e. The van der Waals surface area contributed by atoms with Crippen molar-refractivity contribution in [3.63, 3.8) is 0 Å². The zero-order valence-electron chi connectivity index (χ0n) is 14.0. The summed E-state index contributed by atoms with van der Waals surface area (Å²) in [6.07, 6.45) is 3.11. The zero-order valence-corrected chi connectivity index (χ0v) is 14.8. The number of benzene rings is 2. The number of carbonyl (C=O) groups is 1. The fourth-order valence-electron chi connectivity index (χ4n) is 3.53. The molecule has 25 heavy (non-hydrogen) atoms. The maximum Gasteiger partial charge on any atom is 0.231 e. The van der Waals surface area contributed by atoms with Crippen molar-refractivity contribution in [2.45, 2.75) is 19.3 Å². The van der Waals surface area contributed by atoms with E-state index in [-0.39, 0.29) is 11.8 Å². The molecule has 2 aromatic carbocycles. The fourth-order valence-corrected chi connectivity index (χ4v) is 3.73. The largest absolute Gasteiger partial charge is 0.492 e. The van der Waals surface area contributed by atoms with Crippen LogP contribution in [0.5, 0.6) is 5.75 Å². The highest BCUT2D eigenvalue weighted by molar-refractivity contribution is 6.30. The van der Waals surface area contributed by atoms with Crippen LogP contribution < -0.4 is 15.0 Å². The minimum atomic E-state index is -0.207. The summed E-state index contributed by atoms with van der Waals surface area (Å²) in [5.41, 5.74) is 3.00. The highest BCUT2D eigenvalue weighted by atomic mass is 35.5.